The predicted molar refractivity (Wildman–Crippen MR) is 55.2 cm³/mol. The molecule has 0 spiro atoms. The molecule has 1 aromatic carbocycles. The maximum Gasteiger partial charge on any atom is 0.292 e. The molecule has 0 saturated carbocycles. The first-order valence-electron chi connectivity index (χ1n) is 4.19. The van der Waals surface area contributed by atoms with E-state index in [-0.39, 0.29) is 6.01 Å². The highest BCUT2D eigenvalue weighted by atomic mass is 35.5. The van der Waals surface area contributed by atoms with Crippen LogP contribution in [0.1, 0.15) is 11.3 Å². The van der Waals surface area contributed by atoms with Gasteiger partial charge in [-0.25, -0.2) is 0 Å². The fourth-order valence-electron chi connectivity index (χ4n) is 1.24. The molecule has 0 atom stereocenters. The zero-order valence-electron chi connectivity index (χ0n) is 7.40. The topological polar surface area (TPSA) is 52.0 Å². The van der Waals surface area contributed by atoms with Gasteiger partial charge in [0.15, 0.2) is 0 Å². The molecule has 0 unspecified atom stereocenters. The third kappa shape index (κ3) is 1.88. The third-order valence-electron chi connectivity index (χ3n) is 1.90. The van der Waals surface area contributed by atoms with E-state index in [0.29, 0.717) is 6.42 Å². The SMILES string of the molecule is Nc1nc(Cc2ccccc2Cl)co1. The Hall–Kier alpha value is -1.48. The maximum absolute atomic E-state index is 5.99. The molecular weight excluding hydrogens is 200 g/mol. The Kier molecular flexibility index (Phi) is 2.41. The van der Waals surface area contributed by atoms with Crippen LogP contribution < -0.4 is 5.73 Å². The van der Waals surface area contributed by atoms with Crippen molar-refractivity contribution in [1.29, 1.82) is 0 Å². The van der Waals surface area contributed by atoms with E-state index in [1.54, 1.807) is 6.26 Å². The Morgan fingerprint density at radius 2 is 2.14 bits per heavy atom. The molecular formula is C10H9ClN2O. The van der Waals surface area contributed by atoms with E-state index in [1.165, 1.54) is 0 Å². The summed E-state index contributed by atoms with van der Waals surface area (Å²) in [6.45, 7) is 0. The van der Waals surface area contributed by atoms with Crippen LogP contribution in [-0.2, 0) is 6.42 Å². The van der Waals surface area contributed by atoms with Gasteiger partial charge in [0.05, 0.1) is 5.69 Å². The number of anilines is 1. The van der Waals surface area contributed by atoms with Crippen LogP contribution in [0.5, 0.6) is 0 Å². The van der Waals surface area contributed by atoms with E-state index < -0.39 is 0 Å². The summed E-state index contributed by atoms with van der Waals surface area (Å²) in [5.74, 6) is 0. The maximum atomic E-state index is 5.99. The van der Waals surface area contributed by atoms with Gasteiger partial charge in [0, 0.05) is 11.4 Å². The van der Waals surface area contributed by atoms with Gasteiger partial charge in [-0.3, -0.25) is 0 Å². The normalized spacial score (nSPS) is 10.4. The number of nitrogens with zero attached hydrogens (tertiary/aromatic N) is 1. The second kappa shape index (κ2) is 3.72. The molecule has 3 nitrogen and oxygen atoms in total. The van der Waals surface area contributed by atoms with Crippen molar-refractivity contribution in [3.63, 3.8) is 0 Å². The summed E-state index contributed by atoms with van der Waals surface area (Å²) in [6, 6.07) is 7.81. The van der Waals surface area contributed by atoms with Crippen molar-refractivity contribution in [2.75, 3.05) is 5.73 Å². The molecule has 1 aromatic heterocycles. The summed E-state index contributed by atoms with van der Waals surface area (Å²) >= 11 is 5.99. The molecule has 0 saturated heterocycles. The Bertz CT molecular complexity index is 439. The number of nitrogen functional groups attached to an aromatic ring is 1. The van der Waals surface area contributed by atoms with E-state index in [1.807, 2.05) is 24.3 Å². The van der Waals surface area contributed by atoms with Crippen LogP contribution in [0.4, 0.5) is 6.01 Å². The first-order valence-corrected chi connectivity index (χ1v) is 4.57. The molecule has 0 aliphatic rings. The summed E-state index contributed by atoms with van der Waals surface area (Å²) in [5.41, 5.74) is 7.16. The molecule has 72 valence electrons. The molecule has 0 amide bonds. The van der Waals surface area contributed by atoms with E-state index in [9.17, 15) is 0 Å². The van der Waals surface area contributed by atoms with Crippen molar-refractivity contribution in [3.05, 3.63) is 46.8 Å². The van der Waals surface area contributed by atoms with Gasteiger partial charge in [-0.2, -0.15) is 4.98 Å². The third-order valence-corrected chi connectivity index (χ3v) is 2.27. The monoisotopic (exact) mass is 208 g/mol. The predicted octanol–water partition coefficient (Wildman–Crippen LogP) is 2.50. The average molecular weight is 209 g/mol. The van der Waals surface area contributed by atoms with Crippen LogP contribution in [0, 0.1) is 0 Å². The number of aromatic nitrogens is 1. The number of benzene rings is 1. The van der Waals surface area contributed by atoms with Crippen LogP contribution in [0.25, 0.3) is 0 Å². The number of oxazole rings is 1. The summed E-state index contributed by atoms with van der Waals surface area (Å²) in [6.07, 6.45) is 2.18. The van der Waals surface area contributed by atoms with Crippen molar-refractivity contribution in [2.24, 2.45) is 0 Å². The lowest BCUT2D eigenvalue weighted by atomic mass is 10.1. The molecule has 0 radical (unpaired) electrons. The standard InChI is InChI=1S/C10H9ClN2O/c11-9-4-2-1-3-7(9)5-8-6-14-10(12)13-8/h1-4,6H,5H2,(H2,12,13). The zero-order valence-corrected chi connectivity index (χ0v) is 8.16. The van der Waals surface area contributed by atoms with E-state index in [2.05, 4.69) is 4.98 Å². The highest BCUT2D eigenvalue weighted by Gasteiger charge is 2.04. The van der Waals surface area contributed by atoms with Gasteiger partial charge in [-0.05, 0) is 11.6 Å². The van der Waals surface area contributed by atoms with Crippen LogP contribution in [-0.4, -0.2) is 4.98 Å². The molecule has 2 aromatic rings. The first kappa shape index (κ1) is 9.09. The van der Waals surface area contributed by atoms with E-state index >= 15 is 0 Å². The zero-order chi connectivity index (χ0) is 9.97. The first-order chi connectivity index (χ1) is 6.75. The molecule has 2 rings (SSSR count). The summed E-state index contributed by atoms with van der Waals surface area (Å²) in [7, 11) is 0. The number of halogens is 1. The molecule has 0 fully saturated rings. The number of rotatable bonds is 2. The van der Waals surface area contributed by atoms with Crippen LogP contribution in [0.3, 0.4) is 0 Å². The van der Waals surface area contributed by atoms with Gasteiger partial charge >= 0.3 is 0 Å². The summed E-state index contributed by atoms with van der Waals surface area (Å²) < 4.78 is 4.90. The second-order valence-electron chi connectivity index (χ2n) is 2.95. The Balaban J connectivity index is 2.23. The van der Waals surface area contributed by atoms with Crippen molar-refractivity contribution < 1.29 is 4.42 Å². The second-order valence-corrected chi connectivity index (χ2v) is 3.35. The lowest BCUT2D eigenvalue weighted by molar-refractivity contribution is 0.579. The van der Waals surface area contributed by atoms with Gasteiger partial charge in [-0.1, -0.05) is 29.8 Å². The highest BCUT2D eigenvalue weighted by molar-refractivity contribution is 6.31. The minimum absolute atomic E-state index is 0.187. The van der Waals surface area contributed by atoms with Crippen molar-refractivity contribution in [2.45, 2.75) is 6.42 Å². The number of hydrogen-bond donors (Lipinski definition) is 1. The van der Waals surface area contributed by atoms with Crippen LogP contribution >= 0.6 is 11.6 Å². The van der Waals surface area contributed by atoms with E-state index in [4.69, 9.17) is 21.8 Å². The highest BCUT2D eigenvalue weighted by Crippen LogP contribution is 2.18. The minimum atomic E-state index is 0.187. The van der Waals surface area contributed by atoms with Gasteiger partial charge in [0.25, 0.3) is 6.01 Å². The molecule has 14 heavy (non-hydrogen) atoms. The van der Waals surface area contributed by atoms with Crippen molar-refractivity contribution in [1.82, 2.24) is 4.98 Å². The fraction of sp³-hybridized carbons (Fsp3) is 0.100. The van der Waals surface area contributed by atoms with Gasteiger partial charge < -0.3 is 10.2 Å². The van der Waals surface area contributed by atoms with Crippen molar-refractivity contribution >= 4 is 17.6 Å². The van der Waals surface area contributed by atoms with Crippen LogP contribution in [0.2, 0.25) is 5.02 Å². The molecule has 4 heteroatoms. The minimum Gasteiger partial charge on any atom is -0.432 e. The number of nitrogens with two attached hydrogens (primary N) is 1. The van der Waals surface area contributed by atoms with Gasteiger partial charge in [-0.15, -0.1) is 0 Å². The quantitative estimate of drug-likeness (QED) is 0.825. The Morgan fingerprint density at radius 1 is 1.36 bits per heavy atom. The molecule has 0 aliphatic carbocycles. The molecule has 0 aliphatic heterocycles. The lowest BCUT2D eigenvalue weighted by Gasteiger charge is -1.99. The largest absolute Gasteiger partial charge is 0.432 e. The Morgan fingerprint density at radius 3 is 2.79 bits per heavy atom. The fourth-order valence-corrected chi connectivity index (χ4v) is 1.44. The van der Waals surface area contributed by atoms with E-state index in [0.717, 1.165) is 16.3 Å². The molecule has 0 bridgehead atoms. The summed E-state index contributed by atoms with van der Waals surface area (Å²) in [5, 5.41) is 0.731. The molecule has 1 heterocycles. The summed E-state index contributed by atoms with van der Waals surface area (Å²) in [4.78, 5) is 4.00. The number of hydrogen-bond acceptors (Lipinski definition) is 3. The van der Waals surface area contributed by atoms with Crippen molar-refractivity contribution in [3.8, 4) is 0 Å². The lowest BCUT2D eigenvalue weighted by Crippen LogP contribution is -1.90. The Labute approximate surface area is 86.5 Å². The van der Waals surface area contributed by atoms with Gasteiger partial charge in [0.2, 0.25) is 0 Å². The smallest absolute Gasteiger partial charge is 0.292 e. The van der Waals surface area contributed by atoms with Crippen LogP contribution in [0.15, 0.2) is 34.9 Å². The van der Waals surface area contributed by atoms with Gasteiger partial charge in [0.1, 0.15) is 6.26 Å². The average Bonchev–Trinajstić information content (AvgIpc) is 2.56. The molecule has 2 N–H and O–H groups in total.